The molecule has 2 heterocycles. The molecule has 1 saturated carbocycles. The predicted octanol–water partition coefficient (Wildman–Crippen LogP) is 7.94. The summed E-state index contributed by atoms with van der Waals surface area (Å²) >= 11 is 0. The van der Waals surface area contributed by atoms with E-state index < -0.39 is 33.7 Å². The summed E-state index contributed by atoms with van der Waals surface area (Å²) in [4.78, 5) is 46.5. The van der Waals surface area contributed by atoms with Crippen LogP contribution in [0, 0.1) is 38.0 Å². The number of hydrogen-bond donors (Lipinski definition) is 2. The zero-order valence-electron chi connectivity index (χ0n) is 36.8. The average Bonchev–Trinajstić information content (AvgIpc) is 4.14. The SMILES string of the molecule is C=CCOC12Oc3ccc(OCCN4CC4)cc3C3C(CCCCO)C(CCCCO)C=C(C(=NOCc4ccc([N+](=O)[O-])cc4)CC1N(CCC)C(=O)Oc1ccc([N+](=O)[O-])cc1)C32. The third-order valence-electron chi connectivity index (χ3n) is 12.7. The Bertz CT molecular complexity index is 2200. The highest BCUT2D eigenvalue weighted by atomic mass is 16.7. The Hall–Kier alpha value is -5.88. The minimum atomic E-state index is -1.54. The third-order valence-corrected chi connectivity index (χ3v) is 12.7. The molecule has 2 fully saturated rings. The van der Waals surface area contributed by atoms with Gasteiger partial charge in [0.15, 0.2) is 0 Å². The van der Waals surface area contributed by atoms with Gasteiger partial charge in [-0.2, -0.15) is 0 Å². The number of aliphatic hydroxyl groups is 2. The van der Waals surface area contributed by atoms with Crippen molar-refractivity contribution in [2.75, 3.05) is 52.6 Å². The molecule has 17 nitrogen and oxygen atoms in total. The maximum Gasteiger partial charge on any atom is 0.415 e. The lowest BCUT2D eigenvalue weighted by Crippen LogP contribution is -2.70. The molecule has 3 aromatic rings. The van der Waals surface area contributed by atoms with Crippen LogP contribution in [0.1, 0.15) is 75.3 Å². The van der Waals surface area contributed by atoms with E-state index in [1.807, 2.05) is 19.1 Å². The van der Waals surface area contributed by atoms with Gasteiger partial charge in [0.25, 0.3) is 11.4 Å². The molecular weight excluding hydrogens is 839 g/mol. The van der Waals surface area contributed by atoms with Crippen LogP contribution >= 0.6 is 0 Å². The molecule has 65 heavy (non-hydrogen) atoms. The molecule has 2 N–H and O–H groups in total. The van der Waals surface area contributed by atoms with Crippen molar-refractivity contribution in [3.63, 3.8) is 0 Å². The van der Waals surface area contributed by atoms with Crippen LogP contribution in [0.3, 0.4) is 0 Å². The molecule has 2 aliphatic carbocycles. The van der Waals surface area contributed by atoms with Crippen LogP contribution in [0.4, 0.5) is 16.2 Å². The lowest BCUT2D eigenvalue weighted by molar-refractivity contribution is -0.385. The number of non-ortho nitro benzene ring substituents is 2. The molecule has 3 aromatic carbocycles. The van der Waals surface area contributed by atoms with Gasteiger partial charge in [-0.05, 0) is 97.5 Å². The molecule has 6 atom stereocenters. The average molecular weight is 898 g/mol. The summed E-state index contributed by atoms with van der Waals surface area (Å²) < 4.78 is 26.6. The maximum absolute atomic E-state index is 14.7. The quantitative estimate of drug-likeness (QED) is 0.0288. The Morgan fingerprint density at radius 2 is 1.65 bits per heavy atom. The summed E-state index contributed by atoms with van der Waals surface area (Å²) in [5.74, 6) is -1.02. The summed E-state index contributed by atoms with van der Waals surface area (Å²) in [5.41, 5.74) is 2.79. The third kappa shape index (κ3) is 11.0. The van der Waals surface area contributed by atoms with Crippen LogP contribution in [-0.4, -0.2) is 106 Å². The van der Waals surface area contributed by atoms with Gasteiger partial charge in [0, 0.05) is 81.6 Å². The van der Waals surface area contributed by atoms with E-state index in [0.29, 0.717) is 48.6 Å². The molecule has 0 bridgehead atoms. The fourth-order valence-corrected chi connectivity index (χ4v) is 9.63. The minimum absolute atomic E-state index is 0.00191. The minimum Gasteiger partial charge on any atom is -0.492 e. The van der Waals surface area contributed by atoms with Gasteiger partial charge in [-0.1, -0.05) is 37.1 Å². The Morgan fingerprint density at radius 3 is 2.29 bits per heavy atom. The number of benzene rings is 3. The van der Waals surface area contributed by atoms with Crippen LogP contribution in [0.15, 0.2) is 96.2 Å². The van der Waals surface area contributed by atoms with Crippen LogP contribution < -0.4 is 14.2 Å². The fraction of sp³-hybridized carbons (Fsp3) is 0.500. The van der Waals surface area contributed by atoms with Gasteiger partial charge in [-0.25, -0.2) is 4.79 Å². The Kier molecular flexibility index (Phi) is 15.8. The molecule has 17 heteroatoms. The number of allylic oxidation sites excluding steroid dienone is 1. The molecule has 0 radical (unpaired) electrons. The fourth-order valence-electron chi connectivity index (χ4n) is 9.63. The molecular formula is C48H59N5O12. The predicted molar refractivity (Wildman–Crippen MR) is 241 cm³/mol. The number of nitro benzene ring substituents is 2. The number of aliphatic hydroxyl groups excluding tert-OH is 2. The second kappa shape index (κ2) is 21.9. The number of oxime groups is 1. The van der Waals surface area contributed by atoms with Gasteiger partial charge in [0.1, 0.15) is 36.5 Å². The highest BCUT2D eigenvalue weighted by Gasteiger charge is 2.65. The van der Waals surface area contributed by atoms with Crippen LogP contribution in [0.25, 0.3) is 0 Å². The lowest BCUT2D eigenvalue weighted by atomic mass is 9.55. The number of carbonyl (C=O) groups is 1. The Labute approximate surface area is 378 Å². The zero-order chi connectivity index (χ0) is 45.9. The second-order valence-corrected chi connectivity index (χ2v) is 17.0. The first-order chi connectivity index (χ1) is 31.6. The van der Waals surface area contributed by atoms with Crippen molar-refractivity contribution in [3.8, 4) is 17.2 Å². The number of fused-ring (bicyclic) bond motifs is 2. The van der Waals surface area contributed by atoms with Crippen molar-refractivity contribution < 1.29 is 48.6 Å². The van der Waals surface area contributed by atoms with Crippen molar-refractivity contribution in [2.45, 2.75) is 82.6 Å². The number of nitrogens with zero attached hydrogens (tertiary/aromatic N) is 5. The molecule has 1 saturated heterocycles. The van der Waals surface area contributed by atoms with Crippen LogP contribution in [-0.2, 0) is 16.2 Å². The van der Waals surface area contributed by atoms with E-state index >= 15 is 0 Å². The van der Waals surface area contributed by atoms with Crippen molar-refractivity contribution in [1.82, 2.24) is 9.80 Å². The number of rotatable bonds is 24. The first-order valence-electron chi connectivity index (χ1n) is 22.6. The van der Waals surface area contributed by atoms with Gasteiger partial charge in [-0.3, -0.25) is 30.0 Å². The van der Waals surface area contributed by atoms with Gasteiger partial charge in [0.05, 0.1) is 28.1 Å². The first kappa shape index (κ1) is 47.1. The van der Waals surface area contributed by atoms with Gasteiger partial charge in [-0.15, -0.1) is 6.58 Å². The highest BCUT2D eigenvalue weighted by molar-refractivity contribution is 6.03. The normalized spacial score (nSPS) is 23.6. The number of nitro groups is 2. The lowest BCUT2D eigenvalue weighted by Gasteiger charge is -2.59. The first-order valence-corrected chi connectivity index (χ1v) is 22.6. The van der Waals surface area contributed by atoms with Gasteiger partial charge < -0.3 is 34.0 Å². The molecule has 348 valence electrons. The van der Waals surface area contributed by atoms with Crippen molar-refractivity contribution in [2.24, 2.45) is 22.9 Å². The monoisotopic (exact) mass is 897 g/mol. The largest absolute Gasteiger partial charge is 0.492 e. The van der Waals surface area contributed by atoms with E-state index in [9.17, 15) is 35.2 Å². The molecule has 4 aliphatic rings. The maximum atomic E-state index is 14.7. The molecule has 0 spiro atoms. The molecule has 0 aromatic heterocycles. The van der Waals surface area contributed by atoms with E-state index in [-0.39, 0.29) is 74.3 Å². The number of amides is 1. The molecule has 6 unspecified atom stereocenters. The van der Waals surface area contributed by atoms with Crippen molar-refractivity contribution in [1.29, 1.82) is 0 Å². The van der Waals surface area contributed by atoms with Gasteiger partial charge >= 0.3 is 6.09 Å². The van der Waals surface area contributed by atoms with E-state index in [1.165, 1.54) is 36.4 Å². The van der Waals surface area contributed by atoms with E-state index in [2.05, 4.69) is 23.6 Å². The van der Waals surface area contributed by atoms with Crippen LogP contribution in [0.2, 0.25) is 0 Å². The van der Waals surface area contributed by atoms with Crippen LogP contribution in [0.5, 0.6) is 17.2 Å². The Balaban J connectivity index is 1.38. The van der Waals surface area contributed by atoms with Crippen molar-refractivity contribution in [3.05, 3.63) is 122 Å². The van der Waals surface area contributed by atoms with Gasteiger partial charge in [0.2, 0.25) is 5.79 Å². The zero-order valence-corrected chi connectivity index (χ0v) is 36.8. The number of carbonyl (C=O) groups excluding carboxylic acids is 1. The summed E-state index contributed by atoms with van der Waals surface area (Å²) in [6.45, 7) is 9.77. The topological polar surface area (TPSA) is 209 Å². The van der Waals surface area contributed by atoms with E-state index in [4.69, 9.17) is 28.9 Å². The standard InChI is InChI=1S/C48H59N5O12/c1-3-21-51(47(56)64-37-17-15-36(16-18-37)53(59)60)44-31-42(49-63-32-33-11-13-35(14-12-33)52(57)58)40-29-34(9-5-7-25-54)39(10-6-8-26-55)45-41-30-38(61-28-24-50-22-23-50)19-20-43(41)65-48(44,46(40)45)62-27-4-2/h4,11-20,29-30,34,39,44-46,54-55H,2-3,5-10,21-28,31-32H2,1H3. The molecule has 2 aliphatic heterocycles. The second-order valence-electron chi connectivity index (χ2n) is 17.0. The van der Waals surface area contributed by atoms with E-state index in [0.717, 1.165) is 56.5 Å². The van der Waals surface area contributed by atoms with Crippen molar-refractivity contribution >= 4 is 23.2 Å². The number of unbranched alkanes of at least 4 members (excludes halogenated alkanes) is 2. The summed E-state index contributed by atoms with van der Waals surface area (Å²) in [6.07, 6.45) is 8.07. The Morgan fingerprint density at radius 1 is 0.969 bits per heavy atom. The summed E-state index contributed by atoms with van der Waals surface area (Å²) in [6, 6.07) is 16.3. The smallest absolute Gasteiger partial charge is 0.415 e. The summed E-state index contributed by atoms with van der Waals surface area (Å²) in [7, 11) is 0. The molecule has 7 rings (SSSR count). The number of hydrogen-bond acceptors (Lipinski definition) is 14. The molecule has 1 amide bonds. The number of ether oxygens (including phenoxy) is 4. The highest BCUT2D eigenvalue weighted by Crippen LogP contribution is 2.62. The summed E-state index contributed by atoms with van der Waals surface area (Å²) in [5, 5.41) is 47.5. The van der Waals surface area contributed by atoms with E-state index in [1.54, 1.807) is 23.1 Å².